The van der Waals surface area contributed by atoms with Crippen LogP contribution >= 0.6 is 0 Å². The maximum atomic E-state index is 13.7. The third kappa shape index (κ3) is 14.8. The molecule has 2 atom stereocenters. The summed E-state index contributed by atoms with van der Waals surface area (Å²) in [5.74, 6) is -8.55. The molecule has 3 aliphatic rings. The molecule has 6 amide bonds. The van der Waals surface area contributed by atoms with Gasteiger partial charge in [0.05, 0.1) is 0 Å². The van der Waals surface area contributed by atoms with Gasteiger partial charge in [-0.25, -0.2) is 0 Å². The largest absolute Gasteiger partial charge is 0.471 e. The molecular formula is C30H45F9N8O6. The lowest BCUT2D eigenvalue weighted by Gasteiger charge is -2.36. The van der Waals surface area contributed by atoms with Crippen molar-refractivity contribution in [1.82, 2.24) is 39.2 Å². The van der Waals surface area contributed by atoms with Gasteiger partial charge in [0.25, 0.3) is 0 Å². The zero-order valence-electron chi connectivity index (χ0n) is 29.7. The number of amides is 6. The monoisotopic (exact) mass is 784 g/mol. The highest BCUT2D eigenvalue weighted by atomic mass is 19.4. The third-order valence-corrected chi connectivity index (χ3v) is 8.96. The molecule has 53 heavy (non-hydrogen) atoms. The number of nitrogens with zero attached hydrogens (tertiary/aromatic N) is 8. The van der Waals surface area contributed by atoms with Crippen molar-refractivity contribution in [3.8, 4) is 0 Å². The molecule has 0 aromatic carbocycles. The first-order valence-electron chi connectivity index (χ1n) is 16.7. The highest BCUT2D eigenvalue weighted by Gasteiger charge is 2.45. The molecule has 0 N–H and O–H groups in total. The van der Waals surface area contributed by atoms with Crippen LogP contribution < -0.4 is 0 Å². The molecule has 2 unspecified atom stereocenters. The Labute approximate surface area is 300 Å². The van der Waals surface area contributed by atoms with Gasteiger partial charge in [-0.05, 0) is 0 Å². The van der Waals surface area contributed by atoms with Crippen molar-refractivity contribution in [2.75, 3.05) is 118 Å². The van der Waals surface area contributed by atoms with E-state index in [2.05, 4.69) is 0 Å². The van der Waals surface area contributed by atoms with Gasteiger partial charge in [-0.1, -0.05) is 0 Å². The van der Waals surface area contributed by atoms with E-state index < -0.39 is 113 Å². The second-order valence-electron chi connectivity index (χ2n) is 12.6. The van der Waals surface area contributed by atoms with Gasteiger partial charge in [0, 0.05) is 139 Å². The van der Waals surface area contributed by atoms with Crippen LogP contribution in [0.3, 0.4) is 0 Å². The van der Waals surface area contributed by atoms with Gasteiger partial charge in [0.15, 0.2) is 0 Å². The maximum absolute atomic E-state index is 13.7. The molecule has 0 aromatic heterocycles. The second-order valence-corrected chi connectivity index (χ2v) is 12.6. The van der Waals surface area contributed by atoms with Crippen molar-refractivity contribution in [3.63, 3.8) is 0 Å². The number of rotatable bonds is 0. The highest BCUT2D eigenvalue weighted by Crippen LogP contribution is 2.22. The Hall–Kier alpha value is -3.89. The number of alkyl halides is 9. The van der Waals surface area contributed by atoms with E-state index in [1.165, 1.54) is 33.4 Å². The molecule has 14 nitrogen and oxygen atoms in total. The van der Waals surface area contributed by atoms with Crippen molar-refractivity contribution in [1.29, 1.82) is 0 Å². The van der Waals surface area contributed by atoms with E-state index >= 15 is 0 Å². The Morgan fingerprint density at radius 3 is 0.623 bits per heavy atom. The van der Waals surface area contributed by atoms with Gasteiger partial charge in [0.2, 0.25) is 17.7 Å². The van der Waals surface area contributed by atoms with Crippen LogP contribution in [0.2, 0.25) is 0 Å². The first kappa shape index (κ1) is 45.3. The van der Waals surface area contributed by atoms with E-state index in [0.29, 0.717) is 4.90 Å². The Morgan fingerprint density at radius 1 is 0.302 bits per heavy atom. The van der Waals surface area contributed by atoms with E-state index in [1.54, 1.807) is 0 Å². The SMILES string of the molecule is CC(=O)N1CCN2CCN(C(C)=O)CCN(C(=O)C(F)(F)F)CCN(CCN(C(C)=O)CC1)CCN(C(=O)C(F)(F)F)CCN(C(=O)C(F)(F)F)CC2. The summed E-state index contributed by atoms with van der Waals surface area (Å²) in [5, 5.41) is 0. The van der Waals surface area contributed by atoms with Gasteiger partial charge in [-0.3, -0.25) is 38.6 Å². The molecule has 3 fully saturated rings. The highest BCUT2D eigenvalue weighted by molar-refractivity contribution is 5.83. The Bertz CT molecular complexity index is 1300. The molecule has 2 bridgehead atoms. The van der Waals surface area contributed by atoms with Crippen LogP contribution in [0.15, 0.2) is 0 Å². The van der Waals surface area contributed by atoms with Crippen molar-refractivity contribution in [2.45, 2.75) is 39.3 Å². The summed E-state index contributed by atoms with van der Waals surface area (Å²) in [6.07, 6.45) is -16.3. The first-order chi connectivity index (χ1) is 24.4. The van der Waals surface area contributed by atoms with E-state index in [0.717, 1.165) is 11.8 Å². The number of fused-ring (bicyclic) bond motifs is 21. The van der Waals surface area contributed by atoms with Crippen LogP contribution in [0.4, 0.5) is 39.5 Å². The van der Waals surface area contributed by atoms with Crippen molar-refractivity contribution < 1.29 is 68.3 Å². The number of carbonyl (C=O) groups excluding carboxylic acids is 6. The molecule has 0 radical (unpaired) electrons. The normalized spacial score (nSPS) is 22.0. The first-order valence-corrected chi connectivity index (χ1v) is 16.7. The fourth-order valence-corrected chi connectivity index (χ4v) is 5.73. The lowest BCUT2D eigenvalue weighted by Crippen LogP contribution is -2.54. The summed E-state index contributed by atoms with van der Waals surface area (Å²) in [6, 6.07) is 0. The summed E-state index contributed by atoms with van der Waals surface area (Å²) in [7, 11) is 0. The minimum atomic E-state index is -5.49. The molecule has 3 rings (SSSR count). The van der Waals surface area contributed by atoms with Crippen molar-refractivity contribution >= 4 is 35.4 Å². The summed E-state index contributed by atoms with van der Waals surface area (Å²) >= 11 is 0. The fraction of sp³-hybridized carbons (Fsp3) is 0.800. The molecule has 0 saturated carbocycles. The van der Waals surface area contributed by atoms with Crippen LogP contribution in [-0.2, 0) is 28.8 Å². The van der Waals surface area contributed by atoms with Gasteiger partial charge < -0.3 is 29.4 Å². The average Bonchev–Trinajstić information content (AvgIpc) is 3.03. The molecule has 304 valence electrons. The Morgan fingerprint density at radius 2 is 0.453 bits per heavy atom. The average molecular weight is 785 g/mol. The van der Waals surface area contributed by atoms with Crippen LogP contribution in [0.1, 0.15) is 20.8 Å². The maximum Gasteiger partial charge on any atom is 0.471 e. The van der Waals surface area contributed by atoms with E-state index in [1.807, 2.05) is 0 Å². The van der Waals surface area contributed by atoms with Gasteiger partial charge in [-0.15, -0.1) is 0 Å². The summed E-state index contributed by atoms with van der Waals surface area (Å²) in [6.45, 7) is -3.91. The standard InChI is InChI=1S/C30H45F9N8O6/c1-22(48)42-10-4-40-5-12-44(24(3)50)18-19-45(25(51)28(31,32)33)13-8-41(6-11-43(17-16-42)23(2)49)9-15-47(27(53)30(37,38)39)21-20-46(14-7-40)26(52)29(34,35)36/h4-21H2,1-3H3. The Balaban J connectivity index is 2.72. The van der Waals surface area contributed by atoms with Crippen molar-refractivity contribution in [3.05, 3.63) is 0 Å². The number of hydrogen-bond acceptors (Lipinski definition) is 8. The fourth-order valence-electron chi connectivity index (χ4n) is 5.73. The van der Waals surface area contributed by atoms with Crippen LogP contribution in [0, 0.1) is 0 Å². The quantitative estimate of drug-likeness (QED) is 0.322. The number of carbonyl (C=O) groups is 6. The van der Waals surface area contributed by atoms with E-state index in [-0.39, 0.29) is 68.7 Å². The number of hydrogen-bond donors (Lipinski definition) is 0. The Kier molecular flexibility index (Phi) is 16.6. The summed E-state index contributed by atoms with van der Waals surface area (Å²) < 4.78 is 123. The van der Waals surface area contributed by atoms with E-state index in [9.17, 15) is 68.3 Å². The van der Waals surface area contributed by atoms with Crippen molar-refractivity contribution in [2.24, 2.45) is 0 Å². The summed E-state index contributed by atoms with van der Waals surface area (Å²) in [4.78, 5) is 82.4. The smallest absolute Gasteiger partial charge is 0.340 e. The van der Waals surface area contributed by atoms with Gasteiger partial charge in [0.1, 0.15) is 0 Å². The number of halogens is 9. The predicted molar refractivity (Wildman–Crippen MR) is 168 cm³/mol. The third-order valence-electron chi connectivity index (χ3n) is 8.96. The lowest BCUT2D eigenvalue weighted by molar-refractivity contribution is -0.189. The van der Waals surface area contributed by atoms with Gasteiger partial charge in [-0.2, -0.15) is 39.5 Å². The molecule has 3 aliphatic heterocycles. The zero-order chi connectivity index (χ0) is 40.3. The van der Waals surface area contributed by atoms with E-state index in [4.69, 9.17) is 0 Å². The lowest BCUT2D eigenvalue weighted by atomic mass is 10.3. The molecule has 23 heteroatoms. The van der Waals surface area contributed by atoms with Crippen LogP contribution in [-0.4, -0.2) is 211 Å². The topological polar surface area (TPSA) is 128 Å². The minimum Gasteiger partial charge on any atom is -0.340 e. The van der Waals surface area contributed by atoms with Crippen LogP contribution in [0.5, 0.6) is 0 Å². The second kappa shape index (κ2) is 19.4. The molecule has 3 saturated heterocycles. The van der Waals surface area contributed by atoms with Gasteiger partial charge >= 0.3 is 36.3 Å². The molecule has 0 aliphatic carbocycles. The zero-order valence-corrected chi connectivity index (χ0v) is 29.7. The predicted octanol–water partition coefficient (Wildman–Crippen LogP) is 0.336. The molecule has 0 aromatic rings. The molecule has 0 spiro atoms. The molecule has 3 heterocycles. The minimum absolute atomic E-state index is 0.0251. The summed E-state index contributed by atoms with van der Waals surface area (Å²) in [5.41, 5.74) is 0. The molecular weight excluding hydrogens is 739 g/mol. The van der Waals surface area contributed by atoms with Crippen LogP contribution in [0.25, 0.3) is 0 Å².